The van der Waals surface area contributed by atoms with Gasteiger partial charge in [-0.3, -0.25) is 0 Å². The Bertz CT molecular complexity index is 1870. The van der Waals surface area contributed by atoms with E-state index in [1.54, 1.807) is 6.07 Å². The number of aryl methyl sites for hydroxylation is 1. The highest BCUT2D eigenvalue weighted by molar-refractivity contribution is 5.72. The fraction of sp³-hybridized carbons (Fsp3) is 0.162. The highest BCUT2D eigenvalue weighted by Crippen LogP contribution is 2.39. The smallest absolute Gasteiger partial charge is 0.429 e. The van der Waals surface area contributed by atoms with Crippen molar-refractivity contribution in [1.29, 1.82) is 5.26 Å². The Labute approximate surface area is 261 Å². The van der Waals surface area contributed by atoms with Gasteiger partial charge in [0.1, 0.15) is 40.4 Å². The van der Waals surface area contributed by atoms with Crippen molar-refractivity contribution in [1.82, 2.24) is 0 Å². The summed E-state index contributed by atoms with van der Waals surface area (Å²) in [6, 6.07) is 20.6. The molecule has 5 aromatic carbocycles. The first-order valence-electron chi connectivity index (χ1n) is 14.5. The molecule has 0 N–H and O–H groups in total. The second-order valence-corrected chi connectivity index (χ2v) is 10.7. The third kappa shape index (κ3) is 6.91. The van der Waals surface area contributed by atoms with Gasteiger partial charge in [0.25, 0.3) is 0 Å². The summed E-state index contributed by atoms with van der Waals surface area (Å²) in [5.74, 6) is -7.93. The molecule has 0 aliphatic carbocycles. The quantitative estimate of drug-likeness (QED) is 0.113. The number of alkyl halides is 2. The summed E-state index contributed by atoms with van der Waals surface area (Å²) in [5.41, 5.74) is -0.302. The van der Waals surface area contributed by atoms with E-state index >= 15 is 22.0 Å². The van der Waals surface area contributed by atoms with Crippen LogP contribution in [0.15, 0.2) is 91.0 Å². The van der Waals surface area contributed by atoms with Crippen molar-refractivity contribution in [3.05, 3.63) is 137 Å². The third-order valence-corrected chi connectivity index (χ3v) is 7.53. The largest absolute Gasteiger partial charge is 0.432 e. The van der Waals surface area contributed by atoms with E-state index in [-0.39, 0.29) is 22.3 Å². The molecule has 0 fully saturated rings. The topological polar surface area (TPSA) is 33.0 Å². The predicted octanol–water partition coefficient (Wildman–Crippen LogP) is 11.1. The minimum absolute atomic E-state index is 0.0240. The molecule has 2 nitrogen and oxygen atoms in total. The lowest BCUT2D eigenvalue weighted by Gasteiger charge is -2.20. The highest BCUT2D eigenvalue weighted by atomic mass is 19.3. The number of hydrogen-bond donors (Lipinski definition) is 0. The highest BCUT2D eigenvalue weighted by Gasteiger charge is 2.41. The zero-order valence-electron chi connectivity index (χ0n) is 24.5. The summed E-state index contributed by atoms with van der Waals surface area (Å²) in [4.78, 5) is 0. The van der Waals surface area contributed by atoms with E-state index < -0.39 is 52.1 Å². The van der Waals surface area contributed by atoms with E-state index in [1.807, 2.05) is 30.3 Å². The Balaban J connectivity index is 1.37. The second kappa shape index (κ2) is 13.5. The van der Waals surface area contributed by atoms with Gasteiger partial charge in [0.05, 0.1) is 17.2 Å². The molecule has 0 spiro atoms. The molecule has 0 bridgehead atoms. The standard InChI is InChI=1S/C37H26F7NO/c1-2-3-4-5-22-6-10-24(11-7-22)26-14-15-29(30(38)16-26)27-17-33(41)36(34(42)18-27)37(43,44)46-28-19-31(39)35(32(40)20-28)25-12-8-23(21-45)9-13-25/h6-20H,2-5H2,1H3. The van der Waals surface area contributed by atoms with Gasteiger partial charge in [-0.25, -0.2) is 22.0 Å². The molecule has 0 saturated carbocycles. The van der Waals surface area contributed by atoms with Crippen molar-refractivity contribution >= 4 is 0 Å². The first-order valence-corrected chi connectivity index (χ1v) is 14.5. The van der Waals surface area contributed by atoms with Crippen molar-refractivity contribution in [2.24, 2.45) is 0 Å². The molecule has 0 radical (unpaired) electrons. The van der Waals surface area contributed by atoms with Gasteiger partial charge in [0, 0.05) is 17.7 Å². The molecular formula is C37H26F7NO. The van der Waals surface area contributed by atoms with Crippen LogP contribution < -0.4 is 4.74 Å². The summed E-state index contributed by atoms with van der Waals surface area (Å²) in [7, 11) is 0. The van der Waals surface area contributed by atoms with Gasteiger partial charge in [-0.05, 0) is 71.0 Å². The van der Waals surface area contributed by atoms with Crippen LogP contribution in [0.1, 0.15) is 42.9 Å². The monoisotopic (exact) mass is 633 g/mol. The molecule has 0 aliphatic heterocycles. The van der Waals surface area contributed by atoms with Gasteiger partial charge in [-0.1, -0.05) is 68.3 Å². The lowest BCUT2D eigenvalue weighted by molar-refractivity contribution is -0.189. The molecule has 9 heteroatoms. The van der Waals surface area contributed by atoms with Crippen LogP contribution in [-0.2, 0) is 12.5 Å². The van der Waals surface area contributed by atoms with Crippen LogP contribution in [0.5, 0.6) is 5.75 Å². The Kier molecular flexibility index (Phi) is 9.47. The first kappa shape index (κ1) is 32.3. The number of hydrogen-bond acceptors (Lipinski definition) is 2. The maximum Gasteiger partial charge on any atom is 0.432 e. The molecule has 0 unspecified atom stereocenters. The zero-order chi connectivity index (χ0) is 33.0. The van der Waals surface area contributed by atoms with Gasteiger partial charge >= 0.3 is 6.11 Å². The molecule has 0 aromatic heterocycles. The Morgan fingerprint density at radius 3 is 1.76 bits per heavy atom. The van der Waals surface area contributed by atoms with Crippen molar-refractivity contribution < 1.29 is 35.5 Å². The van der Waals surface area contributed by atoms with Gasteiger partial charge < -0.3 is 4.74 Å². The summed E-state index contributed by atoms with van der Waals surface area (Å²) >= 11 is 0. The van der Waals surface area contributed by atoms with Crippen molar-refractivity contribution in [2.75, 3.05) is 0 Å². The zero-order valence-corrected chi connectivity index (χ0v) is 24.5. The molecular weight excluding hydrogens is 607 g/mol. The molecule has 0 saturated heterocycles. The van der Waals surface area contributed by atoms with Gasteiger partial charge in [0.15, 0.2) is 0 Å². The number of benzene rings is 5. The van der Waals surface area contributed by atoms with Crippen LogP contribution >= 0.6 is 0 Å². The average molecular weight is 634 g/mol. The molecule has 46 heavy (non-hydrogen) atoms. The normalized spacial score (nSPS) is 11.4. The Hall–Kier alpha value is -5.10. The van der Waals surface area contributed by atoms with E-state index in [0.29, 0.717) is 29.8 Å². The van der Waals surface area contributed by atoms with Crippen molar-refractivity contribution in [3.63, 3.8) is 0 Å². The average Bonchev–Trinajstić information content (AvgIpc) is 3.00. The number of unbranched alkanes of at least 4 members (excludes halogenated alkanes) is 2. The SMILES string of the molecule is CCCCCc1ccc(-c2ccc(-c3cc(F)c(C(F)(F)Oc4cc(F)c(-c5ccc(C#N)cc5)c(F)c4)c(F)c3)c(F)c2)cc1. The molecule has 0 atom stereocenters. The minimum atomic E-state index is -4.70. The van der Waals surface area contributed by atoms with E-state index in [1.165, 1.54) is 36.4 Å². The van der Waals surface area contributed by atoms with Crippen LogP contribution in [0.3, 0.4) is 0 Å². The Morgan fingerprint density at radius 2 is 1.20 bits per heavy atom. The maximum atomic E-state index is 15.2. The molecule has 0 heterocycles. The van der Waals surface area contributed by atoms with E-state index in [0.717, 1.165) is 36.8 Å². The third-order valence-electron chi connectivity index (χ3n) is 7.53. The van der Waals surface area contributed by atoms with Crippen LogP contribution in [-0.4, -0.2) is 0 Å². The number of halogens is 7. The lowest BCUT2D eigenvalue weighted by atomic mass is 9.97. The van der Waals surface area contributed by atoms with Gasteiger partial charge in [-0.15, -0.1) is 0 Å². The fourth-order valence-electron chi connectivity index (χ4n) is 5.17. The molecule has 5 rings (SSSR count). The molecule has 234 valence electrons. The van der Waals surface area contributed by atoms with Gasteiger partial charge in [0.2, 0.25) is 0 Å². The predicted molar refractivity (Wildman–Crippen MR) is 161 cm³/mol. The van der Waals surface area contributed by atoms with Crippen LogP contribution in [0.4, 0.5) is 30.7 Å². The van der Waals surface area contributed by atoms with Crippen LogP contribution in [0, 0.1) is 40.4 Å². The summed E-state index contributed by atoms with van der Waals surface area (Å²) < 4.78 is 109. The van der Waals surface area contributed by atoms with Crippen LogP contribution in [0.2, 0.25) is 0 Å². The summed E-state index contributed by atoms with van der Waals surface area (Å²) in [6.07, 6.45) is -0.479. The fourth-order valence-corrected chi connectivity index (χ4v) is 5.17. The maximum absolute atomic E-state index is 15.2. The number of nitriles is 1. The summed E-state index contributed by atoms with van der Waals surface area (Å²) in [5, 5.41) is 8.90. The van der Waals surface area contributed by atoms with Gasteiger partial charge in [-0.2, -0.15) is 14.0 Å². The van der Waals surface area contributed by atoms with E-state index in [9.17, 15) is 8.78 Å². The first-order chi connectivity index (χ1) is 22.0. The number of ether oxygens (including phenoxy) is 1. The summed E-state index contributed by atoms with van der Waals surface area (Å²) in [6.45, 7) is 2.12. The van der Waals surface area contributed by atoms with E-state index in [2.05, 4.69) is 11.7 Å². The second-order valence-electron chi connectivity index (χ2n) is 10.7. The molecule has 0 amide bonds. The van der Waals surface area contributed by atoms with E-state index in [4.69, 9.17) is 5.26 Å². The lowest BCUT2D eigenvalue weighted by Crippen LogP contribution is -2.25. The van der Waals surface area contributed by atoms with Crippen molar-refractivity contribution in [2.45, 2.75) is 38.7 Å². The molecule has 0 aliphatic rings. The number of nitrogens with zero attached hydrogens (tertiary/aromatic N) is 1. The van der Waals surface area contributed by atoms with Crippen LogP contribution in [0.25, 0.3) is 33.4 Å². The number of rotatable bonds is 10. The minimum Gasteiger partial charge on any atom is -0.429 e. The Morgan fingerprint density at radius 1 is 0.630 bits per heavy atom. The van der Waals surface area contributed by atoms with Crippen molar-refractivity contribution in [3.8, 4) is 45.2 Å². The molecule has 5 aromatic rings.